The molecule has 4 aromatic rings. The fourth-order valence-electron chi connectivity index (χ4n) is 3.50. The van der Waals surface area contributed by atoms with Crippen molar-refractivity contribution in [1.82, 2.24) is 19.3 Å². The Kier molecular flexibility index (Phi) is 5.89. The molecule has 11 heteroatoms. The molecule has 1 aromatic carbocycles. The monoisotopic (exact) mass is 485 g/mol. The number of pyridine rings is 2. The lowest BCUT2D eigenvalue weighted by Crippen LogP contribution is -2.42. The van der Waals surface area contributed by atoms with Gasteiger partial charge in [-0.15, -0.1) is 0 Å². The Labute approximate surface area is 193 Å². The van der Waals surface area contributed by atoms with Crippen molar-refractivity contribution in [3.05, 3.63) is 72.1 Å². The number of hydrogen-bond acceptors (Lipinski definition) is 5. The molecular formula is C23H18F3N5O2S. The third-order valence-corrected chi connectivity index (χ3v) is 6.71. The van der Waals surface area contributed by atoms with Crippen LogP contribution < -0.4 is 4.72 Å². The number of nitrogens with one attached hydrogen (secondary N) is 1. The zero-order valence-electron chi connectivity index (χ0n) is 18.0. The smallest absolute Gasteiger partial charge is 0.291 e. The highest BCUT2D eigenvalue weighted by Crippen LogP contribution is 2.35. The zero-order chi connectivity index (χ0) is 24.7. The number of alkyl halides is 3. The SMILES string of the molecule is Cc1cnc2c(c1)c(C#N)c(-c1ccc(S(=O)(=O)N[C@H](C)C(F)(F)F)cn1)n2-c1ccccc1. The fourth-order valence-corrected chi connectivity index (χ4v) is 4.67. The van der Waals surface area contributed by atoms with Crippen molar-refractivity contribution in [2.24, 2.45) is 0 Å². The summed E-state index contributed by atoms with van der Waals surface area (Å²) >= 11 is 0. The van der Waals surface area contributed by atoms with Crippen LogP contribution in [0.15, 0.2) is 65.8 Å². The van der Waals surface area contributed by atoms with Gasteiger partial charge < -0.3 is 0 Å². The van der Waals surface area contributed by atoms with Gasteiger partial charge in [0.25, 0.3) is 0 Å². The quantitative estimate of drug-likeness (QED) is 0.449. The maximum atomic E-state index is 12.8. The average Bonchev–Trinajstić information content (AvgIpc) is 3.12. The van der Waals surface area contributed by atoms with Crippen LogP contribution in [0.5, 0.6) is 0 Å². The predicted octanol–water partition coefficient (Wildman–Crippen LogP) is 4.50. The molecule has 0 radical (unpaired) electrons. The van der Waals surface area contributed by atoms with Gasteiger partial charge in [-0.05, 0) is 49.7 Å². The Morgan fingerprint density at radius 1 is 1.09 bits per heavy atom. The van der Waals surface area contributed by atoms with Gasteiger partial charge in [0.15, 0.2) is 0 Å². The number of nitriles is 1. The van der Waals surface area contributed by atoms with Crippen molar-refractivity contribution < 1.29 is 21.6 Å². The van der Waals surface area contributed by atoms with Crippen LogP contribution in [0.3, 0.4) is 0 Å². The molecule has 0 aliphatic rings. The van der Waals surface area contributed by atoms with Gasteiger partial charge in [-0.3, -0.25) is 9.55 Å². The lowest BCUT2D eigenvalue weighted by Gasteiger charge is -2.17. The van der Waals surface area contributed by atoms with E-state index in [0.29, 0.717) is 34.9 Å². The molecule has 174 valence electrons. The van der Waals surface area contributed by atoms with Crippen molar-refractivity contribution in [2.75, 3.05) is 0 Å². The van der Waals surface area contributed by atoms with Crippen molar-refractivity contribution in [1.29, 1.82) is 5.26 Å². The van der Waals surface area contributed by atoms with Crippen LogP contribution in [-0.2, 0) is 10.0 Å². The summed E-state index contributed by atoms with van der Waals surface area (Å²) in [4.78, 5) is 8.26. The molecule has 1 atom stereocenters. The summed E-state index contributed by atoms with van der Waals surface area (Å²) in [5.74, 6) is 0. The second kappa shape index (κ2) is 8.55. The predicted molar refractivity (Wildman–Crippen MR) is 120 cm³/mol. The molecule has 0 aliphatic carbocycles. The molecule has 0 amide bonds. The standard InChI is InChI=1S/C23H18F3N5O2S/c1-14-10-18-19(11-27)21(31(22(18)29-12-14)16-6-4-3-5-7-16)20-9-8-17(13-28-20)34(32,33)30-15(2)23(24,25)26/h3-10,12-13,15,30H,1-2H3/t15-/m1/s1. The van der Waals surface area contributed by atoms with E-state index in [1.807, 2.05) is 43.3 Å². The summed E-state index contributed by atoms with van der Waals surface area (Å²) in [6, 6.07) is 13.4. The summed E-state index contributed by atoms with van der Waals surface area (Å²) in [5, 5.41) is 10.6. The summed E-state index contributed by atoms with van der Waals surface area (Å²) < 4.78 is 66.6. The fraction of sp³-hybridized carbons (Fsp3) is 0.174. The molecule has 0 spiro atoms. The zero-order valence-corrected chi connectivity index (χ0v) is 18.8. The number of halogens is 3. The topological polar surface area (TPSA) is 101 Å². The summed E-state index contributed by atoms with van der Waals surface area (Å²) in [6.07, 6.45) is -2.10. The number of nitrogens with zero attached hydrogens (tertiary/aromatic N) is 4. The minimum atomic E-state index is -4.73. The van der Waals surface area contributed by atoms with E-state index in [4.69, 9.17) is 0 Å². The summed E-state index contributed by atoms with van der Waals surface area (Å²) in [6.45, 7) is 2.56. The van der Waals surface area contributed by atoms with Gasteiger partial charge in [0, 0.05) is 23.5 Å². The number of fused-ring (bicyclic) bond motifs is 1. The van der Waals surface area contributed by atoms with Gasteiger partial charge >= 0.3 is 6.18 Å². The molecule has 0 bridgehead atoms. The van der Waals surface area contributed by atoms with Gasteiger partial charge in [0.2, 0.25) is 10.0 Å². The highest BCUT2D eigenvalue weighted by atomic mass is 32.2. The maximum Gasteiger partial charge on any atom is 0.404 e. The summed E-state index contributed by atoms with van der Waals surface area (Å²) in [7, 11) is -4.47. The van der Waals surface area contributed by atoms with Crippen molar-refractivity contribution >= 4 is 21.1 Å². The number of rotatable bonds is 5. The van der Waals surface area contributed by atoms with E-state index in [2.05, 4.69) is 16.0 Å². The molecule has 0 saturated heterocycles. The van der Waals surface area contributed by atoms with Gasteiger partial charge in [0.05, 0.1) is 17.0 Å². The first kappa shape index (κ1) is 23.4. The first-order valence-corrected chi connectivity index (χ1v) is 11.5. The van der Waals surface area contributed by atoms with E-state index in [1.54, 1.807) is 15.5 Å². The van der Waals surface area contributed by atoms with Crippen LogP contribution in [0, 0.1) is 18.3 Å². The molecule has 4 rings (SSSR count). The third-order valence-electron chi connectivity index (χ3n) is 5.18. The second-order valence-electron chi connectivity index (χ2n) is 7.65. The minimum absolute atomic E-state index is 0.263. The van der Waals surface area contributed by atoms with E-state index in [1.165, 1.54) is 6.07 Å². The van der Waals surface area contributed by atoms with Crippen LogP contribution in [-0.4, -0.2) is 35.2 Å². The molecule has 3 aromatic heterocycles. The molecule has 1 N–H and O–H groups in total. The van der Waals surface area contributed by atoms with Crippen molar-refractivity contribution in [2.45, 2.75) is 31.0 Å². The number of hydrogen-bond donors (Lipinski definition) is 1. The first-order valence-electron chi connectivity index (χ1n) is 10.0. The van der Waals surface area contributed by atoms with Gasteiger partial charge in [-0.1, -0.05) is 18.2 Å². The number of benzene rings is 1. The molecule has 7 nitrogen and oxygen atoms in total. The third kappa shape index (κ3) is 4.25. The number of sulfonamides is 1. The van der Waals surface area contributed by atoms with Gasteiger partial charge in [-0.25, -0.2) is 13.4 Å². The highest BCUT2D eigenvalue weighted by molar-refractivity contribution is 7.89. The van der Waals surface area contributed by atoms with Crippen molar-refractivity contribution in [3.8, 4) is 23.1 Å². The van der Waals surface area contributed by atoms with Crippen molar-refractivity contribution in [3.63, 3.8) is 0 Å². The molecule has 0 unspecified atom stereocenters. The largest absolute Gasteiger partial charge is 0.404 e. The van der Waals surface area contributed by atoms with Crippen LogP contribution in [0.25, 0.3) is 28.1 Å². The maximum absolute atomic E-state index is 12.8. The minimum Gasteiger partial charge on any atom is -0.291 e. The molecule has 0 saturated carbocycles. The molecule has 0 fully saturated rings. The number of para-hydroxylation sites is 1. The van der Waals surface area contributed by atoms with E-state index in [-0.39, 0.29) is 5.69 Å². The van der Waals surface area contributed by atoms with Crippen LogP contribution in [0.4, 0.5) is 13.2 Å². The Morgan fingerprint density at radius 2 is 1.79 bits per heavy atom. The van der Waals surface area contributed by atoms with E-state index < -0.39 is 27.1 Å². The van der Waals surface area contributed by atoms with Crippen LogP contribution in [0.2, 0.25) is 0 Å². The average molecular weight is 485 g/mol. The molecule has 0 aliphatic heterocycles. The van der Waals surface area contributed by atoms with Gasteiger partial charge in [0.1, 0.15) is 22.7 Å². The molecule has 34 heavy (non-hydrogen) atoms. The van der Waals surface area contributed by atoms with Gasteiger partial charge in [-0.2, -0.15) is 23.2 Å². The first-order chi connectivity index (χ1) is 16.0. The van der Waals surface area contributed by atoms with Crippen LogP contribution >= 0.6 is 0 Å². The second-order valence-corrected chi connectivity index (χ2v) is 9.37. The van der Waals surface area contributed by atoms with Crippen LogP contribution in [0.1, 0.15) is 18.1 Å². The molecule has 3 heterocycles. The normalized spacial score (nSPS) is 13.1. The lowest BCUT2D eigenvalue weighted by molar-refractivity contribution is -0.147. The Morgan fingerprint density at radius 3 is 2.38 bits per heavy atom. The van der Waals surface area contributed by atoms with E-state index >= 15 is 0 Å². The Hall–Kier alpha value is -3.75. The van der Waals surface area contributed by atoms with E-state index in [9.17, 15) is 26.9 Å². The summed E-state index contributed by atoms with van der Waals surface area (Å²) in [5.41, 5.74) is 3.02. The number of aromatic nitrogens is 3. The van der Waals surface area contributed by atoms with E-state index in [0.717, 1.165) is 17.8 Å². The number of aryl methyl sites for hydroxylation is 1. The molecular weight excluding hydrogens is 467 g/mol. The lowest BCUT2D eigenvalue weighted by atomic mass is 10.1. The Bertz CT molecular complexity index is 1510. The highest BCUT2D eigenvalue weighted by Gasteiger charge is 2.39. The Balaban J connectivity index is 1.87.